The molecule has 0 aliphatic carbocycles. The second-order valence-electron chi connectivity index (χ2n) is 3.60. The minimum absolute atomic E-state index is 0.151. The Morgan fingerprint density at radius 2 is 2.22 bits per heavy atom. The van der Waals surface area contributed by atoms with Crippen molar-refractivity contribution in [1.29, 1.82) is 0 Å². The van der Waals surface area contributed by atoms with Gasteiger partial charge in [-0.15, -0.1) is 11.3 Å². The van der Waals surface area contributed by atoms with Gasteiger partial charge in [0.25, 0.3) is 0 Å². The molecule has 0 radical (unpaired) electrons. The molecule has 1 heterocycles. The van der Waals surface area contributed by atoms with Gasteiger partial charge >= 0.3 is 0 Å². The number of nitrogens with zero attached hydrogens (tertiary/aromatic N) is 1. The minimum Gasteiger partial charge on any atom is -0.392 e. The fraction of sp³-hybridized carbons (Fsp3) is 0.182. The Kier molecular flexibility index (Phi) is 4.07. The van der Waals surface area contributed by atoms with Crippen molar-refractivity contribution in [2.24, 2.45) is 0 Å². The Morgan fingerprint density at radius 3 is 2.89 bits per heavy atom. The van der Waals surface area contributed by atoms with Crippen molar-refractivity contribution in [3.63, 3.8) is 0 Å². The van der Waals surface area contributed by atoms with Crippen LogP contribution in [0.3, 0.4) is 0 Å². The molecule has 0 unspecified atom stereocenters. The van der Waals surface area contributed by atoms with Gasteiger partial charge < -0.3 is 5.11 Å². The SMILES string of the molecule is O=S(=O)(NCc1cncs1)c1cccc(CO)c1. The van der Waals surface area contributed by atoms with Gasteiger partial charge in [-0.1, -0.05) is 12.1 Å². The number of aliphatic hydroxyl groups is 1. The van der Waals surface area contributed by atoms with Crippen LogP contribution >= 0.6 is 11.3 Å². The molecule has 18 heavy (non-hydrogen) atoms. The summed E-state index contributed by atoms with van der Waals surface area (Å²) in [6, 6.07) is 6.22. The fourth-order valence-corrected chi connectivity index (χ4v) is 3.09. The summed E-state index contributed by atoms with van der Waals surface area (Å²) in [6.45, 7) is 0.0363. The summed E-state index contributed by atoms with van der Waals surface area (Å²) in [5, 5.41) is 8.99. The van der Waals surface area contributed by atoms with Crippen LogP contribution in [0.1, 0.15) is 10.4 Å². The molecule has 0 atom stereocenters. The normalized spacial score (nSPS) is 11.6. The molecule has 1 aromatic heterocycles. The first-order valence-electron chi connectivity index (χ1n) is 5.18. The Hall–Kier alpha value is -1.28. The van der Waals surface area contributed by atoms with Gasteiger partial charge in [0.1, 0.15) is 0 Å². The van der Waals surface area contributed by atoms with E-state index < -0.39 is 10.0 Å². The van der Waals surface area contributed by atoms with Gasteiger partial charge in [-0.05, 0) is 17.7 Å². The van der Waals surface area contributed by atoms with Crippen LogP contribution in [0, 0.1) is 0 Å². The van der Waals surface area contributed by atoms with Crippen LogP contribution in [0.25, 0.3) is 0 Å². The Labute approximate surface area is 109 Å². The fourth-order valence-electron chi connectivity index (χ4n) is 1.39. The number of sulfonamides is 1. The van der Waals surface area contributed by atoms with E-state index in [4.69, 9.17) is 5.11 Å². The summed E-state index contributed by atoms with van der Waals surface area (Å²) in [5.41, 5.74) is 2.21. The molecule has 0 spiro atoms. The van der Waals surface area contributed by atoms with E-state index in [1.807, 2.05) is 0 Å². The standard InChI is InChI=1S/C11H12N2O3S2/c14-7-9-2-1-3-11(4-9)18(15,16)13-6-10-5-12-8-17-10/h1-5,8,13-14H,6-7H2. The van der Waals surface area contributed by atoms with Crippen LogP contribution in [-0.2, 0) is 23.2 Å². The van der Waals surface area contributed by atoms with Gasteiger partial charge in [0, 0.05) is 17.6 Å². The Morgan fingerprint density at radius 1 is 1.39 bits per heavy atom. The molecule has 0 amide bonds. The van der Waals surface area contributed by atoms with E-state index in [-0.39, 0.29) is 18.0 Å². The van der Waals surface area contributed by atoms with Crippen molar-refractivity contribution in [3.05, 3.63) is 46.4 Å². The molecule has 0 saturated heterocycles. The molecule has 0 bridgehead atoms. The summed E-state index contributed by atoms with van der Waals surface area (Å²) in [4.78, 5) is 4.87. The first-order chi connectivity index (χ1) is 8.62. The van der Waals surface area contributed by atoms with Crippen molar-refractivity contribution >= 4 is 21.4 Å². The second-order valence-corrected chi connectivity index (χ2v) is 6.34. The van der Waals surface area contributed by atoms with E-state index >= 15 is 0 Å². The number of thiazole rings is 1. The van der Waals surface area contributed by atoms with E-state index in [0.29, 0.717) is 5.56 Å². The molecule has 0 aliphatic heterocycles. The number of hydrogen-bond acceptors (Lipinski definition) is 5. The van der Waals surface area contributed by atoms with Crippen LogP contribution in [0.2, 0.25) is 0 Å². The minimum atomic E-state index is -3.55. The average molecular weight is 284 g/mol. The van der Waals surface area contributed by atoms with E-state index in [9.17, 15) is 8.42 Å². The van der Waals surface area contributed by atoms with E-state index in [1.54, 1.807) is 23.8 Å². The Balaban J connectivity index is 2.14. The van der Waals surface area contributed by atoms with Crippen molar-refractivity contribution in [2.45, 2.75) is 18.0 Å². The predicted octanol–water partition coefficient (Wildman–Crippen LogP) is 1.11. The van der Waals surface area contributed by atoms with Gasteiger partial charge in [0.05, 0.1) is 17.0 Å². The molecule has 96 valence electrons. The van der Waals surface area contributed by atoms with Crippen molar-refractivity contribution in [2.75, 3.05) is 0 Å². The van der Waals surface area contributed by atoms with Crippen LogP contribution < -0.4 is 4.72 Å². The van der Waals surface area contributed by atoms with Gasteiger partial charge in [0.15, 0.2) is 0 Å². The number of aromatic nitrogens is 1. The molecule has 0 aliphatic rings. The van der Waals surface area contributed by atoms with Gasteiger partial charge in [-0.25, -0.2) is 13.1 Å². The lowest BCUT2D eigenvalue weighted by atomic mass is 10.2. The number of rotatable bonds is 5. The topological polar surface area (TPSA) is 79.3 Å². The van der Waals surface area contributed by atoms with E-state index in [1.165, 1.54) is 23.5 Å². The van der Waals surface area contributed by atoms with E-state index in [2.05, 4.69) is 9.71 Å². The monoisotopic (exact) mass is 284 g/mol. The summed E-state index contributed by atoms with van der Waals surface area (Å²) in [5.74, 6) is 0. The lowest BCUT2D eigenvalue weighted by Gasteiger charge is -2.06. The number of aliphatic hydroxyl groups excluding tert-OH is 1. The second kappa shape index (κ2) is 5.57. The molecular weight excluding hydrogens is 272 g/mol. The largest absolute Gasteiger partial charge is 0.392 e. The van der Waals surface area contributed by atoms with E-state index in [0.717, 1.165) is 4.88 Å². The van der Waals surface area contributed by atoms with Gasteiger partial charge in [-0.2, -0.15) is 0 Å². The average Bonchev–Trinajstić information content (AvgIpc) is 2.90. The van der Waals surface area contributed by atoms with Crippen LogP contribution in [-0.4, -0.2) is 18.5 Å². The van der Waals surface area contributed by atoms with Gasteiger partial charge in [0.2, 0.25) is 10.0 Å². The highest BCUT2D eigenvalue weighted by Gasteiger charge is 2.14. The third-order valence-electron chi connectivity index (χ3n) is 2.31. The summed E-state index contributed by atoms with van der Waals surface area (Å²) < 4.78 is 26.5. The number of hydrogen-bond donors (Lipinski definition) is 2. The van der Waals surface area contributed by atoms with Crippen molar-refractivity contribution < 1.29 is 13.5 Å². The number of benzene rings is 1. The van der Waals surface area contributed by atoms with Crippen LogP contribution in [0.4, 0.5) is 0 Å². The summed E-state index contributed by atoms with van der Waals surface area (Å²) in [6.07, 6.45) is 1.62. The highest BCUT2D eigenvalue weighted by molar-refractivity contribution is 7.89. The zero-order valence-electron chi connectivity index (χ0n) is 9.41. The predicted molar refractivity (Wildman–Crippen MR) is 68.5 cm³/mol. The smallest absolute Gasteiger partial charge is 0.240 e. The molecule has 7 heteroatoms. The molecule has 0 saturated carbocycles. The third kappa shape index (κ3) is 3.14. The zero-order chi connectivity index (χ0) is 13.0. The van der Waals surface area contributed by atoms with Crippen LogP contribution in [0.5, 0.6) is 0 Å². The molecule has 2 N–H and O–H groups in total. The lowest BCUT2D eigenvalue weighted by molar-refractivity contribution is 0.281. The maximum absolute atomic E-state index is 12.0. The van der Waals surface area contributed by atoms with Crippen LogP contribution in [0.15, 0.2) is 40.9 Å². The molecule has 0 fully saturated rings. The molecular formula is C11H12N2O3S2. The maximum atomic E-state index is 12.0. The maximum Gasteiger partial charge on any atom is 0.240 e. The first-order valence-corrected chi connectivity index (χ1v) is 7.55. The number of nitrogens with one attached hydrogen (secondary N) is 1. The quantitative estimate of drug-likeness (QED) is 0.862. The molecule has 1 aromatic carbocycles. The third-order valence-corrected chi connectivity index (χ3v) is 4.49. The highest BCUT2D eigenvalue weighted by Crippen LogP contribution is 2.13. The van der Waals surface area contributed by atoms with Crippen molar-refractivity contribution in [3.8, 4) is 0 Å². The van der Waals surface area contributed by atoms with Gasteiger partial charge in [-0.3, -0.25) is 4.98 Å². The zero-order valence-corrected chi connectivity index (χ0v) is 11.0. The summed E-state index contributed by atoms with van der Waals surface area (Å²) in [7, 11) is -3.55. The Bertz CT molecular complexity index is 609. The van der Waals surface area contributed by atoms with Crippen molar-refractivity contribution in [1.82, 2.24) is 9.71 Å². The summed E-state index contributed by atoms with van der Waals surface area (Å²) >= 11 is 1.39. The first kappa shape index (κ1) is 13.2. The molecule has 2 aromatic rings. The molecule has 2 rings (SSSR count). The lowest BCUT2D eigenvalue weighted by Crippen LogP contribution is -2.22. The molecule has 5 nitrogen and oxygen atoms in total. The highest BCUT2D eigenvalue weighted by atomic mass is 32.2.